The van der Waals surface area contributed by atoms with Crippen molar-refractivity contribution in [2.75, 3.05) is 19.6 Å². The van der Waals surface area contributed by atoms with E-state index in [2.05, 4.69) is 19.2 Å². The van der Waals surface area contributed by atoms with Gasteiger partial charge in [-0.25, -0.2) is 0 Å². The summed E-state index contributed by atoms with van der Waals surface area (Å²) in [6, 6.07) is 13.8. The molecule has 1 unspecified atom stereocenters. The Balaban J connectivity index is 1.74. The molecule has 1 aliphatic rings. The van der Waals surface area contributed by atoms with Crippen LogP contribution < -0.4 is 5.32 Å². The summed E-state index contributed by atoms with van der Waals surface area (Å²) in [5.41, 5.74) is 0.723. The molecule has 0 radical (unpaired) electrons. The molecule has 132 valence electrons. The molecule has 1 aliphatic heterocycles. The van der Waals surface area contributed by atoms with Crippen molar-refractivity contribution in [2.24, 2.45) is 11.8 Å². The van der Waals surface area contributed by atoms with Gasteiger partial charge in [-0.3, -0.25) is 9.59 Å². The average molecular weight is 338 g/mol. The minimum Gasteiger partial charge on any atom is -0.356 e. The standard InChI is InChI=1S/C21H26N2O2/c1-15(2)13-22-20(24)17-9-6-12-23(14-17)21(25)19-11-5-8-16-7-3-4-10-18(16)19/h3-5,7-8,10-11,15,17H,6,9,12-14H2,1-2H3,(H,22,24). The minimum atomic E-state index is -0.105. The van der Waals surface area contributed by atoms with Crippen LogP contribution >= 0.6 is 0 Å². The van der Waals surface area contributed by atoms with Gasteiger partial charge < -0.3 is 10.2 Å². The number of carbonyl (C=O) groups excluding carboxylic acids is 2. The largest absolute Gasteiger partial charge is 0.356 e. The molecule has 1 heterocycles. The van der Waals surface area contributed by atoms with Crippen molar-refractivity contribution >= 4 is 22.6 Å². The van der Waals surface area contributed by atoms with Crippen LogP contribution in [0, 0.1) is 11.8 Å². The molecule has 0 aromatic heterocycles. The number of hydrogen-bond acceptors (Lipinski definition) is 2. The molecule has 1 saturated heterocycles. The molecule has 1 atom stereocenters. The van der Waals surface area contributed by atoms with Gasteiger partial charge >= 0.3 is 0 Å². The maximum atomic E-state index is 13.0. The summed E-state index contributed by atoms with van der Waals surface area (Å²) < 4.78 is 0. The van der Waals surface area contributed by atoms with Gasteiger partial charge in [-0.1, -0.05) is 50.2 Å². The molecule has 0 saturated carbocycles. The van der Waals surface area contributed by atoms with Crippen LogP contribution in [0.5, 0.6) is 0 Å². The molecule has 2 aromatic carbocycles. The summed E-state index contributed by atoms with van der Waals surface area (Å²) >= 11 is 0. The molecule has 3 rings (SSSR count). The number of likely N-dealkylation sites (tertiary alicyclic amines) is 1. The topological polar surface area (TPSA) is 49.4 Å². The first kappa shape index (κ1) is 17.5. The molecule has 4 nitrogen and oxygen atoms in total. The van der Waals surface area contributed by atoms with E-state index in [1.165, 1.54) is 0 Å². The van der Waals surface area contributed by atoms with Gasteiger partial charge in [-0.05, 0) is 35.6 Å². The normalized spacial score (nSPS) is 17.7. The Bertz CT molecular complexity index is 764. The number of carbonyl (C=O) groups is 2. The van der Waals surface area contributed by atoms with E-state index < -0.39 is 0 Å². The summed E-state index contributed by atoms with van der Waals surface area (Å²) in [5, 5.41) is 5.04. The first-order valence-corrected chi connectivity index (χ1v) is 9.11. The number of fused-ring (bicyclic) bond motifs is 1. The third-order valence-corrected chi connectivity index (χ3v) is 4.78. The number of amides is 2. The number of nitrogens with zero attached hydrogens (tertiary/aromatic N) is 1. The van der Waals surface area contributed by atoms with Crippen LogP contribution in [0.2, 0.25) is 0 Å². The molecule has 4 heteroatoms. The van der Waals surface area contributed by atoms with E-state index in [9.17, 15) is 9.59 Å². The molecular weight excluding hydrogens is 312 g/mol. The van der Waals surface area contributed by atoms with Crippen LogP contribution in [0.1, 0.15) is 37.0 Å². The highest BCUT2D eigenvalue weighted by molar-refractivity contribution is 6.07. The Kier molecular flexibility index (Phi) is 5.37. The van der Waals surface area contributed by atoms with Crippen molar-refractivity contribution in [2.45, 2.75) is 26.7 Å². The van der Waals surface area contributed by atoms with Crippen LogP contribution in [-0.4, -0.2) is 36.3 Å². The van der Waals surface area contributed by atoms with Crippen molar-refractivity contribution in [3.05, 3.63) is 48.0 Å². The van der Waals surface area contributed by atoms with Crippen molar-refractivity contribution in [3.8, 4) is 0 Å². The van der Waals surface area contributed by atoms with Crippen molar-refractivity contribution < 1.29 is 9.59 Å². The van der Waals surface area contributed by atoms with E-state index in [1.807, 2.05) is 47.4 Å². The zero-order chi connectivity index (χ0) is 17.8. The fraction of sp³-hybridized carbons (Fsp3) is 0.429. The fourth-order valence-corrected chi connectivity index (χ4v) is 3.41. The first-order valence-electron chi connectivity index (χ1n) is 9.11. The van der Waals surface area contributed by atoms with Crippen molar-refractivity contribution in [1.29, 1.82) is 0 Å². The smallest absolute Gasteiger partial charge is 0.254 e. The highest BCUT2D eigenvalue weighted by Crippen LogP contribution is 2.23. The Morgan fingerprint density at radius 1 is 1.16 bits per heavy atom. The van der Waals surface area contributed by atoms with Gasteiger partial charge in [-0.15, -0.1) is 0 Å². The summed E-state index contributed by atoms with van der Waals surface area (Å²) in [5.74, 6) is 0.426. The van der Waals surface area contributed by atoms with Gasteiger partial charge in [0.25, 0.3) is 5.91 Å². The first-order chi connectivity index (χ1) is 12.1. The zero-order valence-corrected chi connectivity index (χ0v) is 15.0. The second-order valence-corrected chi connectivity index (χ2v) is 7.26. The van der Waals surface area contributed by atoms with Gasteiger partial charge in [0.2, 0.25) is 5.91 Å². The lowest BCUT2D eigenvalue weighted by atomic mass is 9.95. The van der Waals surface area contributed by atoms with Gasteiger partial charge in [0, 0.05) is 25.2 Å². The third kappa shape index (κ3) is 4.01. The molecule has 2 aromatic rings. The maximum Gasteiger partial charge on any atom is 0.254 e. The zero-order valence-electron chi connectivity index (χ0n) is 15.0. The van der Waals surface area contributed by atoms with Crippen LogP contribution in [0.25, 0.3) is 10.8 Å². The predicted molar refractivity (Wildman–Crippen MR) is 100 cm³/mol. The van der Waals surface area contributed by atoms with Gasteiger partial charge in [0.05, 0.1) is 5.92 Å². The monoisotopic (exact) mass is 338 g/mol. The number of piperidine rings is 1. The van der Waals surface area contributed by atoms with Gasteiger partial charge in [0.15, 0.2) is 0 Å². The average Bonchev–Trinajstić information content (AvgIpc) is 2.65. The van der Waals surface area contributed by atoms with Crippen LogP contribution in [0.3, 0.4) is 0 Å². The number of hydrogen-bond donors (Lipinski definition) is 1. The maximum absolute atomic E-state index is 13.0. The molecule has 0 aliphatic carbocycles. The molecule has 25 heavy (non-hydrogen) atoms. The molecule has 0 bridgehead atoms. The van der Waals surface area contributed by atoms with E-state index in [0.29, 0.717) is 19.0 Å². The molecular formula is C21H26N2O2. The Morgan fingerprint density at radius 3 is 2.72 bits per heavy atom. The lowest BCUT2D eigenvalue weighted by Gasteiger charge is -2.32. The van der Waals surface area contributed by atoms with E-state index in [0.717, 1.165) is 35.7 Å². The third-order valence-electron chi connectivity index (χ3n) is 4.78. The predicted octanol–water partition coefficient (Wildman–Crippen LogP) is 3.46. The van der Waals surface area contributed by atoms with E-state index in [4.69, 9.17) is 0 Å². The Labute approximate surface area is 149 Å². The Morgan fingerprint density at radius 2 is 1.92 bits per heavy atom. The molecule has 1 fully saturated rings. The summed E-state index contributed by atoms with van der Waals surface area (Å²) in [4.78, 5) is 27.3. The second-order valence-electron chi connectivity index (χ2n) is 7.26. The van der Waals surface area contributed by atoms with Crippen LogP contribution in [0.15, 0.2) is 42.5 Å². The summed E-state index contributed by atoms with van der Waals surface area (Å²) in [6.07, 6.45) is 1.72. The number of rotatable bonds is 4. The fourth-order valence-electron chi connectivity index (χ4n) is 3.41. The van der Waals surface area contributed by atoms with Crippen LogP contribution in [0.4, 0.5) is 0 Å². The van der Waals surface area contributed by atoms with E-state index in [1.54, 1.807) is 0 Å². The molecule has 0 spiro atoms. The van der Waals surface area contributed by atoms with E-state index in [-0.39, 0.29) is 17.7 Å². The summed E-state index contributed by atoms with van der Waals surface area (Å²) in [6.45, 7) is 6.07. The number of nitrogens with one attached hydrogen (secondary N) is 1. The van der Waals surface area contributed by atoms with Crippen molar-refractivity contribution in [3.63, 3.8) is 0 Å². The van der Waals surface area contributed by atoms with Gasteiger partial charge in [-0.2, -0.15) is 0 Å². The highest BCUT2D eigenvalue weighted by Gasteiger charge is 2.29. The SMILES string of the molecule is CC(C)CNC(=O)C1CCCN(C(=O)c2cccc3ccccc23)C1. The van der Waals surface area contributed by atoms with Gasteiger partial charge in [0.1, 0.15) is 0 Å². The lowest BCUT2D eigenvalue weighted by molar-refractivity contribution is -0.126. The minimum absolute atomic E-state index is 0.0261. The Hall–Kier alpha value is -2.36. The van der Waals surface area contributed by atoms with E-state index >= 15 is 0 Å². The molecule has 2 amide bonds. The lowest BCUT2D eigenvalue weighted by Crippen LogP contribution is -2.46. The summed E-state index contributed by atoms with van der Waals surface area (Å²) in [7, 11) is 0. The number of benzene rings is 2. The highest BCUT2D eigenvalue weighted by atomic mass is 16.2. The van der Waals surface area contributed by atoms with Crippen LogP contribution in [-0.2, 0) is 4.79 Å². The van der Waals surface area contributed by atoms with Crippen molar-refractivity contribution in [1.82, 2.24) is 10.2 Å². The molecule has 1 N–H and O–H groups in total. The second kappa shape index (κ2) is 7.68. The quantitative estimate of drug-likeness (QED) is 0.928.